The van der Waals surface area contributed by atoms with Crippen molar-refractivity contribution in [2.24, 2.45) is 0 Å². The summed E-state index contributed by atoms with van der Waals surface area (Å²) in [4.78, 5) is 11.3. The molecule has 0 atom stereocenters. The Kier molecular flexibility index (Phi) is 3.10. The minimum atomic E-state index is 0.114. The fourth-order valence-corrected chi connectivity index (χ4v) is 1.94. The molecule has 86 valence electrons. The molecule has 17 heavy (non-hydrogen) atoms. The van der Waals surface area contributed by atoms with Crippen molar-refractivity contribution in [3.8, 4) is 11.1 Å². The second-order valence-electron chi connectivity index (χ2n) is 4.45. The van der Waals surface area contributed by atoms with E-state index >= 15 is 0 Å². The van der Waals surface area contributed by atoms with Gasteiger partial charge in [0, 0.05) is 5.56 Å². The lowest BCUT2D eigenvalue weighted by molar-refractivity contribution is 0.101. The van der Waals surface area contributed by atoms with E-state index in [9.17, 15) is 4.79 Å². The highest BCUT2D eigenvalue weighted by atomic mass is 16.1. The Morgan fingerprint density at radius 2 is 1.59 bits per heavy atom. The fraction of sp³-hybridized carbons (Fsp3) is 0.188. The van der Waals surface area contributed by atoms with Gasteiger partial charge in [-0.05, 0) is 43.5 Å². The number of carbonyl (C=O) groups excluding carboxylic acids is 1. The van der Waals surface area contributed by atoms with Crippen LogP contribution in [0.5, 0.6) is 0 Å². The molecule has 0 aromatic heterocycles. The number of hydrogen-bond donors (Lipinski definition) is 0. The van der Waals surface area contributed by atoms with Gasteiger partial charge in [0.25, 0.3) is 0 Å². The Bertz CT molecular complexity index is 550. The first kappa shape index (κ1) is 11.6. The molecular formula is C16H16O. The van der Waals surface area contributed by atoms with Gasteiger partial charge in [-0.25, -0.2) is 0 Å². The molecule has 0 fully saturated rings. The monoisotopic (exact) mass is 224 g/mol. The van der Waals surface area contributed by atoms with Crippen molar-refractivity contribution in [3.05, 3.63) is 59.2 Å². The highest BCUT2D eigenvalue weighted by molar-refractivity contribution is 5.95. The summed E-state index contributed by atoms with van der Waals surface area (Å²) < 4.78 is 0. The summed E-state index contributed by atoms with van der Waals surface area (Å²) in [6.07, 6.45) is 0. The highest BCUT2D eigenvalue weighted by Gasteiger charge is 2.05. The van der Waals surface area contributed by atoms with Crippen LogP contribution in [-0.2, 0) is 0 Å². The molecule has 0 aliphatic carbocycles. The molecule has 1 nitrogen and oxygen atoms in total. The van der Waals surface area contributed by atoms with Crippen molar-refractivity contribution >= 4 is 5.78 Å². The fourth-order valence-electron chi connectivity index (χ4n) is 1.94. The van der Waals surface area contributed by atoms with E-state index in [0.29, 0.717) is 0 Å². The molecular weight excluding hydrogens is 208 g/mol. The van der Waals surface area contributed by atoms with Crippen LogP contribution < -0.4 is 0 Å². The molecule has 0 bridgehead atoms. The molecule has 1 heteroatoms. The average molecular weight is 224 g/mol. The van der Waals surface area contributed by atoms with Gasteiger partial charge in [0.05, 0.1) is 0 Å². The Balaban J connectivity index is 2.46. The molecule has 0 saturated carbocycles. The van der Waals surface area contributed by atoms with Gasteiger partial charge < -0.3 is 0 Å². The maximum atomic E-state index is 11.3. The largest absolute Gasteiger partial charge is 0.295 e. The molecule has 0 aliphatic heterocycles. The van der Waals surface area contributed by atoms with Gasteiger partial charge in [-0.1, -0.05) is 42.0 Å². The molecule has 0 amide bonds. The summed E-state index contributed by atoms with van der Waals surface area (Å²) in [7, 11) is 0. The van der Waals surface area contributed by atoms with E-state index in [2.05, 4.69) is 31.2 Å². The minimum Gasteiger partial charge on any atom is -0.295 e. The molecule has 0 N–H and O–H groups in total. The molecule has 2 aromatic rings. The first-order chi connectivity index (χ1) is 8.08. The lowest BCUT2D eigenvalue weighted by Gasteiger charge is -2.08. The van der Waals surface area contributed by atoms with Gasteiger partial charge in [-0.15, -0.1) is 0 Å². The standard InChI is InChI=1S/C16H16O/c1-11-4-6-14(7-5-11)16-9-8-15(13(3)17)10-12(16)2/h4-10H,1-3H3. The van der Waals surface area contributed by atoms with Gasteiger partial charge in [-0.3, -0.25) is 4.79 Å². The molecule has 0 heterocycles. The Hall–Kier alpha value is -1.89. The molecule has 0 spiro atoms. The lowest BCUT2D eigenvalue weighted by atomic mass is 9.97. The zero-order chi connectivity index (χ0) is 12.4. The van der Waals surface area contributed by atoms with E-state index in [1.165, 1.54) is 16.7 Å². The average Bonchev–Trinajstić information content (AvgIpc) is 2.30. The van der Waals surface area contributed by atoms with Crippen LogP contribution in [0.1, 0.15) is 28.4 Å². The first-order valence-corrected chi connectivity index (χ1v) is 5.76. The normalized spacial score (nSPS) is 10.3. The van der Waals surface area contributed by atoms with Gasteiger partial charge in [0.1, 0.15) is 0 Å². The van der Waals surface area contributed by atoms with Crippen LogP contribution in [0.15, 0.2) is 42.5 Å². The van der Waals surface area contributed by atoms with Crippen molar-refractivity contribution in [1.29, 1.82) is 0 Å². The topological polar surface area (TPSA) is 17.1 Å². The number of aryl methyl sites for hydroxylation is 2. The number of Topliss-reactive ketones (excluding diaryl/α,β-unsaturated/α-hetero) is 1. The van der Waals surface area contributed by atoms with E-state index in [4.69, 9.17) is 0 Å². The number of hydrogen-bond acceptors (Lipinski definition) is 1. The summed E-state index contributed by atoms with van der Waals surface area (Å²) in [6.45, 7) is 5.72. The summed E-state index contributed by atoms with van der Waals surface area (Å²) in [6, 6.07) is 14.3. The van der Waals surface area contributed by atoms with Gasteiger partial charge >= 0.3 is 0 Å². The van der Waals surface area contributed by atoms with Crippen LogP contribution in [0, 0.1) is 13.8 Å². The molecule has 2 rings (SSSR count). The Labute approximate surface area is 102 Å². The van der Waals surface area contributed by atoms with Crippen LogP contribution in [0.3, 0.4) is 0 Å². The number of carbonyl (C=O) groups is 1. The predicted molar refractivity (Wildman–Crippen MR) is 71.4 cm³/mol. The van der Waals surface area contributed by atoms with E-state index in [0.717, 1.165) is 11.1 Å². The van der Waals surface area contributed by atoms with Crippen LogP contribution in [-0.4, -0.2) is 5.78 Å². The Morgan fingerprint density at radius 1 is 0.941 bits per heavy atom. The molecule has 0 radical (unpaired) electrons. The summed E-state index contributed by atoms with van der Waals surface area (Å²) in [5, 5.41) is 0. The maximum Gasteiger partial charge on any atom is 0.159 e. The van der Waals surface area contributed by atoms with E-state index < -0.39 is 0 Å². The van der Waals surface area contributed by atoms with Crippen molar-refractivity contribution in [2.45, 2.75) is 20.8 Å². The second kappa shape index (κ2) is 4.54. The number of rotatable bonds is 2. The maximum absolute atomic E-state index is 11.3. The van der Waals surface area contributed by atoms with Crippen LogP contribution in [0.4, 0.5) is 0 Å². The predicted octanol–water partition coefficient (Wildman–Crippen LogP) is 4.17. The van der Waals surface area contributed by atoms with Crippen molar-refractivity contribution in [2.75, 3.05) is 0 Å². The zero-order valence-electron chi connectivity index (χ0n) is 10.4. The molecule has 2 aromatic carbocycles. The smallest absolute Gasteiger partial charge is 0.159 e. The summed E-state index contributed by atoms with van der Waals surface area (Å²) in [5.41, 5.74) is 5.56. The quantitative estimate of drug-likeness (QED) is 0.699. The zero-order valence-corrected chi connectivity index (χ0v) is 10.4. The van der Waals surface area contributed by atoms with Crippen LogP contribution >= 0.6 is 0 Å². The van der Waals surface area contributed by atoms with Gasteiger partial charge in [-0.2, -0.15) is 0 Å². The lowest BCUT2D eigenvalue weighted by Crippen LogP contribution is -1.93. The highest BCUT2D eigenvalue weighted by Crippen LogP contribution is 2.24. The molecule has 0 unspecified atom stereocenters. The summed E-state index contributed by atoms with van der Waals surface area (Å²) in [5.74, 6) is 0.114. The van der Waals surface area contributed by atoms with Crippen LogP contribution in [0.25, 0.3) is 11.1 Å². The van der Waals surface area contributed by atoms with Crippen molar-refractivity contribution in [1.82, 2.24) is 0 Å². The second-order valence-corrected chi connectivity index (χ2v) is 4.45. The van der Waals surface area contributed by atoms with Gasteiger partial charge in [0.15, 0.2) is 5.78 Å². The SMILES string of the molecule is CC(=O)c1ccc(-c2ccc(C)cc2)c(C)c1. The minimum absolute atomic E-state index is 0.114. The number of ketones is 1. The third-order valence-corrected chi connectivity index (χ3v) is 3.00. The summed E-state index contributed by atoms with van der Waals surface area (Å²) >= 11 is 0. The van der Waals surface area contributed by atoms with Crippen LogP contribution in [0.2, 0.25) is 0 Å². The third-order valence-electron chi connectivity index (χ3n) is 3.00. The van der Waals surface area contributed by atoms with E-state index in [1.807, 2.05) is 25.1 Å². The Morgan fingerprint density at radius 3 is 2.12 bits per heavy atom. The van der Waals surface area contributed by atoms with Crippen molar-refractivity contribution in [3.63, 3.8) is 0 Å². The third kappa shape index (κ3) is 2.44. The van der Waals surface area contributed by atoms with Crippen molar-refractivity contribution < 1.29 is 4.79 Å². The first-order valence-electron chi connectivity index (χ1n) is 5.76. The molecule has 0 saturated heterocycles. The molecule has 0 aliphatic rings. The number of benzene rings is 2. The van der Waals surface area contributed by atoms with Gasteiger partial charge in [0.2, 0.25) is 0 Å². The van der Waals surface area contributed by atoms with E-state index in [1.54, 1.807) is 6.92 Å². The van der Waals surface area contributed by atoms with E-state index in [-0.39, 0.29) is 5.78 Å².